The molecular formula is C7H4Cl2N4O. The quantitative estimate of drug-likeness (QED) is 0.780. The minimum Gasteiger partial charge on any atom is -0.288 e. The van der Waals surface area contributed by atoms with E-state index in [1.807, 2.05) is 0 Å². The summed E-state index contributed by atoms with van der Waals surface area (Å²) in [4.78, 5) is 17.2. The molecule has 0 spiro atoms. The van der Waals surface area contributed by atoms with Gasteiger partial charge in [-0.3, -0.25) is 4.98 Å². The second-order valence-corrected chi connectivity index (χ2v) is 3.35. The fourth-order valence-corrected chi connectivity index (χ4v) is 1.44. The molecule has 0 aromatic carbocycles. The highest BCUT2D eigenvalue weighted by molar-refractivity contribution is 6.35. The zero-order valence-electron chi connectivity index (χ0n) is 6.71. The van der Waals surface area contributed by atoms with E-state index in [-0.39, 0.29) is 5.82 Å². The van der Waals surface area contributed by atoms with Crippen LogP contribution in [0.5, 0.6) is 0 Å². The fourth-order valence-electron chi connectivity index (χ4n) is 0.971. The molecule has 0 aliphatic rings. The average Bonchev–Trinajstić information content (AvgIpc) is 2.51. The second-order valence-electron chi connectivity index (χ2n) is 2.51. The van der Waals surface area contributed by atoms with Crippen molar-refractivity contribution in [1.29, 1.82) is 0 Å². The first-order chi connectivity index (χ1) is 6.66. The van der Waals surface area contributed by atoms with Crippen LogP contribution < -0.4 is 5.69 Å². The van der Waals surface area contributed by atoms with Crippen LogP contribution in [0.15, 0.2) is 17.1 Å². The molecule has 0 unspecified atom stereocenters. The molecular weight excluding hydrogens is 227 g/mol. The molecule has 0 saturated carbocycles. The topological polar surface area (TPSA) is 74.4 Å². The highest BCUT2D eigenvalue weighted by Crippen LogP contribution is 2.24. The van der Waals surface area contributed by atoms with Crippen LogP contribution in [-0.4, -0.2) is 20.2 Å². The molecule has 2 N–H and O–H groups in total. The van der Waals surface area contributed by atoms with Crippen molar-refractivity contribution < 1.29 is 0 Å². The van der Waals surface area contributed by atoms with E-state index in [1.165, 1.54) is 12.3 Å². The number of aromatic amines is 2. The Hall–Kier alpha value is -1.33. The van der Waals surface area contributed by atoms with Crippen LogP contribution in [0, 0.1) is 0 Å². The number of nitrogens with zero attached hydrogens (tertiary/aromatic N) is 2. The maximum Gasteiger partial charge on any atom is 0.340 e. The molecule has 0 aliphatic heterocycles. The lowest BCUT2D eigenvalue weighted by Gasteiger charge is -1.98. The van der Waals surface area contributed by atoms with Crippen LogP contribution in [0.25, 0.3) is 11.5 Å². The highest BCUT2D eigenvalue weighted by atomic mass is 35.5. The summed E-state index contributed by atoms with van der Waals surface area (Å²) in [7, 11) is 0. The number of hydrogen-bond donors (Lipinski definition) is 2. The van der Waals surface area contributed by atoms with Gasteiger partial charge >= 0.3 is 5.69 Å². The zero-order chi connectivity index (χ0) is 10.1. The second kappa shape index (κ2) is 3.43. The average molecular weight is 231 g/mol. The summed E-state index contributed by atoms with van der Waals surface area (Å²) in [6, 6.07) is 1.53. The standard InChI is InChI=1S/C7H4Cl2N4O/c8-3-1-4(9)5(10-2-3)6-11-7(14)13-12-6/h1-2H,(H2,11,12,13,14). The number of nitrogens with one attached hydrogen (secondary N) is 2. The molecule has 2 heterocycles. The van der Waals surface area contributed by atoms with Crippen LogP contribution in [0.3, 0.4) is 0 Å². The normalized spacial score (nSPS) is 10.4. The fraction of sp³-hybridized carbons (Fsp3) is 0. The van der Waals surface area contributed by atoms with Crippen LogP contribution in [0.1, 0.15) is 0 Å². The van der Waals surface area contributed by atoms with E-state index in [2.05, 4.69) is 20.2 Å². The molecule has 2 aromatic rings. The van der Waals surface area contributed by atoms with E-state index in [0.29, 0.717) is 15.7 Å². The molecule has 7 heteroatoms. The summed E-state index contributed by atoms with van der Waals surface area (Å²) in [5.74, 6) is 0.289. The lowest BCUT2D eigenvalue weighted by atomic mass is 10.3. The molecule has 0 saturated heterocycles. The largest absolute Gasteiger partial charge is 0.340 e. The van der Waals surface area contributed by atoms with E-state index in [4.69, 9.17) is 23.2 Å². The molecule has 2 rings (SSSR count). The third-order valence-electron chi connectivity index (χ3n) is 1.53. The predicted molar refractivity (Wildman–Crippen MR) is 52.5 cm³/mol. The Labute approximate surface area is 88.1 Å². The van der Waals surface area contributed by atoms with Crippen LogP contribution in [0.2, 0.25) is 10.0 Å². The van der Waals surface area contributed by atoms with Crippen LogP contribution in [-0.2, 0) is 0 Å². The number of pyridine rings is 1. The van der Waals surface area contributed by atoms with Crippen LogP contribution in [0.4, 0.5) is 0 Å². The number of rotatable bonds is 1. The van der Waals surface area contributed by atoms with Crippen molar-refractivity contribution >= 4 is 23.2 Å². The molecule has 72 valence electrons. The Kier molecular flexibility index (Phi) is 2.26. The van der Waals surface area contributed by atoms with E-state index in [0.717, 1.165) is 0 Å². The summed E-state index contributed by atoms with van der Waals surface area (Å²) in [6.07, 6.45) is 1.43. The first-order valence-corrected chi connectivity index (χ1v) is 4.38. The lowest BCUT2D eigenvalue weighted by Crippen LogP contribution is -2.00. The Balaban J connectivity index is 2.57. The molecule has 0 aliphatic carbocycles. The number of halogens is 2. The van der Waals surface area contributed by atoms with Gasteiger partial charge in [0.25, 0.3) is 0 Å². The van der Waals surface area contributed by atoms with Crippen LogP contribution >= 0.6 is 23.2 Å². The summed E-state index contributed by atoms with van der Waals surface area (Å²) in [5.41, 5.74) is -0.0257. The first-order valence-electron chi connectivity index (χ1n) is 3.63. The zero-order valence-corrected chi connectivity index (χ0v) is 8.23. The Morgan fingerprint density at radius 2 is 2.14 bits per heavy atom. The monoisotopic (exact) mass is 230 g/mol. The third kappa shape index (κ3) is 1.64. The lowest BCUT2D eigenvalue weighted by molar-refractivity contribution is 1.05. The van der Waals surface area contributed by atoms with Crippen molar-refractivity contribution in [2.24, 2.45) is 0 Å². The van der Waals surface area contributed by atoms with Crippen molar-refractivity contribution in [1.82, 2.24) is 20.2 Å². The van der Waals surface area contributed by atoms with Gasteiger partial charge in [-0.25, -0.2) is 14.9 Å². The molecule has 0 bridgehead atoms. The summed E-state index contributed by atoms with van der Waals surface area (Å²) < 4.78 is 0. The van der Waals surface area contributed by atoms with Gasteiger partial charge in [0.05, 0.1) is 10.0 Å². The number of aromatic nitrogens is 4. The van der Waals surface area contributed by atoms with Gasteiger partial charge < -0.3 is 0 Å². The SMILES string of the molecule is O=c1[nH]nc(-c2ncc(Cl)cc2Cl)[nH]1. The minimum absolute atomic E-state index is 0.289. The van der Waals surface area contributed by atoms with Crippen molar-refractivity contribution in [3.63, 3.8) is 0 Å². The van der Waals surface area contributed by atoms with Gasteiger partial charge in [0.2, 0.25) is 0 Å². The van der Waals surface area contributed by atoms with Crippen molar-refractivity contribution in [3.05, 3.63) is 32.8 Å². The van der Waals surface area contributed by atoms with E-state index in [1.54, 1.807) is 0 Å². The molecule has 2 aromatic heterocycles. The van der Waals surface area contributed by atoms with E-state index >= 15 is 0 Å². The molecule has 14 heavy (non-hydrogen) atoms. The minimum atomic E-state index is -0.409. The van der Waals surface area contributed by atoms with Crippen molar-refractivity contribution in [2.45, 2.75) is 0 Å². The maximum atomic E-state index is 10.8. The molecule has 0 radical (unpaired) electrons. The molecule has 0 amide bonds. The number of hydrogen-bond acceptors (Lipinski definition) is 3. The summed E-state index contributed by atoms with van der Waals surface area (Å²) >= 11 is 11.5. The van der Waals surface area contributed by atoms with Gasteiger partial charge in [-0.15, -0.1) is 0 Å². The van der Waals surface area contributed by atoms with Gasteiger partial charge in [-0.2, -0.15) is 5.10 Å². The van der Waals surface area contributed by atoms with Gasteiger partial charge in [0.1, 0.15) is 5.69 Å². The van der Waals surface area contributed by atoms with Gasteiger partial charge in [0.15, 0.2) is 5.82 Å². The Morgan fingerprint density at radius 1 is 1.36 bits per heavy atom. The van der Waals surface area contributed by atoms with Crippen molar-refractivity contribution in [3.8, 4) is 11.5 Å². The molecule has 5 nitrogen and oxygen atoms in total. The third-order valence-corrected chi connectivity index (χ3v) is 2.03. The van der Waals surface area contributed by atoms with Gasteiger partial charge in [-0.05, 0) is 6.07 Å². The number of H-pyrrole nitrogens is 2. The maximum absolute atomic E-state index is 10.8. The summed E-state index contributed by atoms with van der Waals surface area (Å²) in [5, 5.41) is 6.67. The van der Waals surface area contributed by atoms with Gasteiger partial charge in [0, 0.05) is 6.20 Å². The molecule has 0 atom stereocenters. The highest BCUT2D eigenvalue weighted by Gasteiger charge is 2.08. The Morgan fingerprint density at radius 3 is 2.71 bits per heavy atom. The summed E-state index contributed by atoms with van der Waals surface area (Å²) in [6.45, 7) is 0. The van der Waals surface area contributed by atoms with E-state index < -0.39 is 5.69 Å². The Bertz CT molecular complexity index is 518. The molecule has 0 fully saturated rings. The van der Waals surface area contributed by atoms with Crippen molar-refractivity contribution in [2.75, 3.05) is 0 Å². The van der Waals surface area contributed by atoms with Gasteiger partial charge in [-0.1, -0.05) is 23.2 Å². The van der Waals surface area contributed by atoms with E-state index in [9.17, 15) is 4.79 Å². The smallest absolute Gasteiger partial charge is 0.288 e. The predicted octanol–water partition coefficient (Wildman–Crippen LogP) is 1.47. The first kappa shape index (κ1) is 9.23.